The van der Waals surface area contributed by atoms with E-state index in [1.165, 1.54) is 49.6 Å². The van der Waals surface area contributed by atoms with E-state index in [-0.39, 0.29) is 0 Å². The second-order valence-electron chi connectivity index (χ2n) is 7.35. The molecule has 0 unspecified atom stereocenters. The molecule has 0 bridgehead atoms. The summed E-state index contributed by atoms with van der Waals surface area (Å²) in [6, 6.07) is 17.2. The van der Waals surface area contributed by atoms with Gasteiger partial charge in [-0.3, -0.25) is 0 Å². The molecule has 3 heteroatoms. The largest absolute Gasteiger partial charge is 0.354 e. The maximum absolute atomic E-state index is 6.39. The number of nitrogens with one attached hydrogen (secondary N) is 1. The molecular formula is C24H25ClN2. The number of halogens is 1. The Bertz CT molecular complexity index is 1120. The van der Waals surface area contributed by atoms with E-state index in [0.29, 0.717) is 0 Å². The Kier molecular flexibility index (Phi) is 4.94. The molecule has 1 aromatic heterocycles. The molecule has 0 spiro atoms. The number of benzene rings is 3. The van der Waals surface area contributed by atoms with Gasteiger partial charge in [0.05, 0.1) is 5.69 Å². The third-order valence-electron chi connectivity index (χ3n) is 5.47. The number of hydrogen-bond acceptors (Lipinski definition) is 1. The fourth-order valence-electron chi connectivity index (χ4n) is 4.09. The Morgan fingerprint density at radius 3 is 2.44 bits per heavy atom. The topological polar surface area (TPSA) is 41.8 Å². The van der Waals surface area contributed by atoms with Gasteiger partial charge in [0.1, 0.15) is 0 Å². The van der Waals surface area contributed by atoms with Crippen molar-refractivity contribution < 1.29 is 0 Å². The van der Waals surface area contributed by atoms with E-state index < -0.39 is 0 Å². The second-order valence-corrected chi connectivity index (χ2v) is 7.78. The first kappa shape index (κ1) is 18.1. The Hall–Kier alpha value is -2.29. The van der Waals surface area contributed by atoms with E-state index in [4.69, 9.17) is 17.3 Å². The van der Waals surface area contributed by atoms with Crippen molar-refractivity contribution in [3.63, 3.8) is 0 Å². The number of rotatable bonds is 5. The van der Waals surface area contributed by atoms with Crippen LogP contribution in [-0.4, -0.2) is 11.5 Å². The van der Waals surface area contributed by atoms with Gasteiger partial charge >= 0.3 is 0 Å². The van der Waals surface area contributed by atoms with Crippen molar-refractivity contribution in [3.05, 3.63) is 70.2 Å². The zero-order chi connectivity index (χ0) is 19.0. The van der Waals surface area contributed by atoms with Gasteiger partial charge in [-0.25, -0.2) is 0 Å². The lowest BCUT2D eigenvalue weighted by Crippen LogP contribution is -1.99. The average molecular weight is 377 g/mol. The van der Waals surface area contributed by atoms with Crippen LogP contribution in [0.1, 0.15) is 29.5 Å². The van der Waals surface area contributed by atoms with Crippen LogP contribution in [0.4, 0.5) is 0 Å². The Labute approximate surface area is 165 Å². The number of H-pyrrole nitrogens is 1. The number of fused-ring (bicyclic) bond motifs is 2. The van der Waals surface area contributed by atoms with E-state index in [1.807, 2.05) is 6.07 Å². The summed E-state index contributed by atoms with van der Waals surface area (Å²) in [5.41, 5.74) is 13.2. The lowest BCUT2D eigenvalue weighted by molar-refractivity contribution is 0.748. The smallest absolute Gasteiger partial charge is 0.0503 e. The second kappa shape index (κ2) is 7.38. The van der Waals surface area contributed by atoms with Gasteiger partial charge in [-0.15, -0.1) is 0 Å². The van der Waals surface area contributed by atoms with Gasteiger partial charge in [-0.05, 0) is 79.3 Å². The minimum absolute atomic E-state index is 0.727. The highest BCUT2D eigenvalue weighted by molar-refractivity contribution is 6.31. The normalized spacial score (nSPS) is 11.6. The number of aromatic amines is 1. The number of aromatic nitrogens is 1. The molecule has 0 aliphatic heterocycles. The first-order valence-electron chi connectivity index (χ1n) is 9.59. The van der Waals surface area contributed by atoms with E-state index in [2.05, 4.69) is 61.3 Å². The molecule has 4 aromatic rings. The summed E-state index contributed by atoms with van der Waals surface area (Å²) in [6.07, 6.45) is 3.10. The predicted molar refractivity (Wildman–Crippen MR) is 118 cm³/mol. The van der Waals surface area contributed by atoms with E-state index in [1.54, 1.807) is 0 Å². The van der Waals surface area contributed by atoms with Gasteiger partial charge in [0.2, 0.25) is 0 Å². The molecule has 0 atom stereocenters. The molecule has 27 heavy (non-hydrogen) atoms. The minimum Gasteiger partial charge on any atom is -0.354 e. The molecule has 2 nitrogen and oxygen atoms in total. The van der Waals surface area contributed by atoms with Crippen LogP contribution >= 0.6 is 11.6 Å². The fourth-order valence-corrected chi connectivity index (χ4v) is 4.36. The van der Waals surface area contributed by atoms with E-state index in [0.717, 1.165) is 30.8 Å². The summed E-state index contributed by atoms with van der Waals surface area (Å²) in [7, 11) is 0. The lowest BCUT2D eigenvalue weighted by atomic mass is 9.94. The monoisotopic (exact) mass is 376 g/mol. The predicted octanol–water partition coefficient (Wildman–Crippen LogP) is 6.54. The third-order valence-corrected chi connectivity index (χ3v) is 5.69. The van der Waals surface area contributed by atoms with Gasteiger partial charge in [0.15, 0.2) is 0 Å². The third kappa shape index (κ3) is 3.24. The molecule has 0 aliphatic rings. The van der Waals surface area contributed by atoms with Crippen LogP contribution in [0.2, 0.25) is 5.02 Å². The fraction of sp³-hybridized carbons (Fsp3) is 0.250. The molecule has 0 saturated heterocycles. The van der Waals surface area contributed by atoms with Crippen LogP contribution in [-0.2, 0) is 6.42 Å². The van der Waals surface area contributed by atoms with Crippen molar-refractivity contribution in [2.75, 3.05) is 6.54 Å². The van der Waals surface area contributed by atoms with Crippen LogP contribution in [0.15, 0.2) is 48.5 Å². The average Bonchev–Trinajstić information content (AvgIpc) is 3.01. The minimum atomic E-state index is 0.727. The molecule has 0 amide bonds. The van der Waals surface area contributed by atoms with Crippen molar-refractivity contribution in [1.29, 1.82) is 0 Å². The molecule has 3 aromatic carbocycles. The summed E-state index contributed by atoms with van der Waals surface area (Å²) >= 11 is 6.39. The van der Waals surface area contributed by atoms with Crippen LogP contribution in [0, 0.1) is 13.8 Å². The van der Waals surface area contributed by atoms with Crippen LogP contribution < -0.4 is 5.73 Å². The number of unbranched alkanes of at least 4 members (excludes halogenated alkanes) is 1. The van der Waals surface area contributed by atoms with Gasteiger partial charge in [0.25, 0.3) is 0 Å². The first-order chi connectivity index (χ1) is 13.1. The van der Waals surface area contributed by atoms with Crippen molar-refractivity contribution in [1.82, 2.24) is 4.98 Å². The molecule has 138 valence electrons. The van der Waals surface area contributed by atoms with Gasteiger partial charge in [-0.2, -0.15) is 0 Å². The highest BCUT2D eigenvalue weighted by Gasteiger charge is 2.17. The van der Waals surface area contributed by atoms with Crippen molar-refractivity contribution in [2.24, 2.45) is 5.73 Å². The number of hydrogen-bond donors (Lipinski definition) is 2. The van der Waals surface area contributed by atoms with Crippen molar-refractivity contribution >= 4 is 33.3 Å². The van der Waals surface area contributed by atoms with Crippen LogP contribution in [0.3, 0.4) is 0 Å². The van der Waals surface area contributed by atoms with Gasteiger partial charge in [0, 0.05) is 21.5 Å². The summed E-state index contributed by atoms with van der Waals surface area (Å²) in [5, 5.41) is 4.61. The molecular weight excluding hydrogens is 352 g/mol. The van der Waals surface area contributed by atoms with Gasteiger partial charge < -0.3 is 10.7 Å². The molecule has 3 N–H and O–H groups in total. The van der Waals surface area contributed by atoms with Crippen molar-refractivity contribution in [2.45, 2.75) is 33.1 Å². The molecule has 1 heterocycles. The quantitative estimate of drug-likeness (QED) is 0.381. The van der Waals surface area contributed by atoms with Crippen LogP contribution in [0.25, 0.3) is 32.9 Å². The summed E-state index contributed by atoms with van der Waals surface area (Å²) < 4.78 is 0. The number of aryl methyl sites for hydroxylation is 3. The Morgan fingerprint density at radius 2 is 1.67 bits per heavy atom. The van der Waals surface area contributed by atoms with Crippen LogP contribution in [0.5, 0.6) is 0 Å². The van der Waals surface area contributed by atoms with Crippen molar-refractivity contribution in [3.8, 4) is 11.3 Å². The standard InChI is InChI=1S/C24H25ClN2/c1-15-10-11-21(19-8-4-3-7-18(15)19)24-20(9-5-6-12-26)22-14-17(25)13-16(2)23(22)27-24/h3-4,7-8,10-11,13-14,27H,5-6,9,12,26H2,1-2H3. The first-order valence-corrected chi connectivity index (χ1v) is 9.97. The zero-order valence-electron chi connectivity index (χ0n) is 15.9. The molecule has 0 fully saturated rings. The maximum Gasteiger partial charge on any atom is 0.0503 e. The summed E-state index contributed by atoms with van der Waals surface area (Å²) in [4.78, 5) is 3.72. The Balaban J connectivity index is 2.00. The summed E-state index contributed by atoms with van der Waals surface area (Å²) in [6.45, 7) is 5.01. The highest BCUT2D eigenvalue weighted by atomic mass is 35.5. The molecule has 0 radical (unpaired) electrons. The molecule has 4 rings (SSSR count). The van der Waals surface area contributed by atoms with E-state index in [9.17, 15) is 0 Å². The molecule has 0 saturated carbocycles. The highest BCUT2D eigenvalue weighted by Crippen LogP contribution is 2.38. The van der Waals surface area contributed by atoms with Gasteiger partial charge in [-0.1, -0.05) is 48.0 Å². The number of nitrogens with two attached hydrogens (primary N) is 1. The maximum atomic E-state index is 6.39. The zero-order valence-corrected chi connectivity index (χ0v) is 16.7. The lowest BCUT2D eigenvalue weighted by Gasteiger charge is -2.11. The Morgan fingerprint density at radius 1 is 0.889 bits per heavy atom. The van der Waals surface area contributed by atoms with E-state index >= 15 is 0 Å². The summed E-state index contributed by atoms with van der Waals surface area (Å²) in [5.74, 6) is 0. The molecule has 0 aliphatic carbocycles. The SMILES string of the molecule is Cc1ccc(-c2[nH]c3c(C)cc(Cl)cc3c2CCCCN)c2ccccc12.